The fourth-order valence-corrected chi connectivity index (χ4v) is 4.89. The summed E-state index contributed by atoms with van der Waals surface area (Å²) in [5.74, 6) is -0.00279. The first kappa shape index (κ1) is 17.0. The zero-order valence-electron chi connectivity index (χ0n) is 14.5. The van der Waals surface area contributed by atoms with Crippen molar-refractivity contribution in [3.8, 4) is 5.88 Å². The van der Waals surface area contributed by atoms with Crippen LogP contribution in [0.15, 0.2) is 36.7 Å². The van der Waals surface area contributed by atoms with Crippen LogP contribution in [0.4, 0.5) is 0 Å². The normalized spacial score (nSPS) is 21.6. The molecule has 0 amide bonds. The zero-order valence-corrected chi connectivity index (χ0v) is 15.3. The number of esters is 1. The standard InChI is InChI=1S/C18H20N4O3S/c1-25-17(24)13-7-9-21(10-8-13)14(12-5-3-2-4-6-12)15-16(23)22-18(26-15)19-11-20-22/h2-6,11,13-14,23H,7-10H2,1H3/p+1/t14-/m1/s1. The van der Waals surface area contributed by atoms with E-state index in [0.717, 1.165) is 36.4 Å². The van der Waals surface area contributed by atoms with Gasteiger partial charge < -0.3 is 14.7 Å². The minimum absolute atomic E-state index is 0.0108. The fraction of sp³-hybridized carbons (Fsp3) is 0.389. The summed E-state index contributed by atoms with van der Waals surface area (Å²) < 4.78 is 6.38. The second-order valence-electron chi connectivity index (χ2n) is 6.54. The third-order valence-corrected chi connectivity index (χ3v) is 6.20. The van der Waals surface area contributed by atoms with Crippen molar-refractivity contribution in [1.82, 2.24) is 14.6 Å². The Bertz CT molecular complexity index is 900. The number of aromatic nitrogens is 3. The van der Waals surface area contributed by atoms with Crippen molar-refractivity contribution >= 4 is 22.3 Å². The molecule has 1 aromatic carbocycles. The van der Waals surface area contributed by atoms with Gasteiger partial charge in [-0.2, -0.15) is 9.61 Å². The molecule has 0 aliphatic carbocycles. The lowest BCUT2D eigenvalue weighted by Crippen LogP contribution is -3.13. The minimum Gasteiger partial charge on any atom is -0.492 e. The third kappa shape index (κ3) is 2.95. The summed E-state index contributed by atoms with van der Waals surface area (Å²) in [6, 6.07) is 10.2. The molecule has 0 bridgehead atoms. The zero-order chi connectivity index (χ0) is 18.1. The van der Waals surface area contributed by atoms with Crippen molar-refractivity contribution in [1.29, 1.82) is 0 Å². The topological polar surface area (TPSA) is 81.2 Å². The number of benzene rings is 1. The van der Waals surface area contributed by atoms with Crippen LogP contribution in [-0.4, -0.2) is 45.9 Å². The third-order valence-electron chi connectivity index (χ3n) is 5.10. The van der Waals surface area contributed by atoms with E-state index in [-0.39, 0.29) is 23.8 Å². The average molecular weight is 373 g/mol. The molecular formula is C18H21N4O3S+. The van der Waals surface area contributed by atoms with Crippen LogP contribution in [0.25, 0.3) is 4.96 Å². The molecule has 2 N–H and O–H groups in total. The molecule has 136 valence electrons. The number of carbonyl (C=O) groups is 1. The number of likely N-dealkylation sites (tertiary alicyclic amines) is 1. The maximum atomic E-state index is 11.8. The molecule has 8 heteroatoms. The number of ether oxygens (including phenoxy) is 1. The van der Waals surface area contributed by atoms with Gasteiger partial charge in [-0.05, 0) is 0 Å². The molecule has 1 aliphatic rings. The molecule has 0 saturated carbocycles. The monoisotopic (exact) mass is 373 g/mol. The van der Waals surface area contributed by atoms with Crippen molar-refractivity contribution in [3.05, 3.63) is 47.1 Å². The second kappa shape index (κ2) is 7.05. The Morgan fingerprint density at radius 2 is 2.08 bits per heavy atom. The number of nitrogens with zero attached hydrogens (tertiary/aromatic N) is 3. The lowest BCUT2D eigenvalue weighted by molar-refractivity contribution is -0.930. The van der Waals surface area contributed by atoms with Crippen LogP contribution in [0.2, 0.25) is 0 Å². The first-order valence-electron chi connectivity index (χ1n) is 8.67. The van der Waals surface area contributed by atoms with Crippen molar-refractivity contribution in [2.24, 2.45) is 5.92 Å². The molecular weight excluding hydrogens is 352 g/mol. The number of methoxy groups -OCH3 is 1. The highest BCUT2D eigenvalue weighted by Gasteiger charge is 2.36. The van der Waals surface area contributed by atoms with E-state index in [4.69, 9.17) is 4.74 Å². The van der Waals surface area contributed by atoms with Crippen LogP contribution in [0.1, 0.15) is 29.3 Å². The lowest BCUT2D eigenvalue weighted by atomic mass is 9.94. The second-order valence-corrected chi connectivity index (χ2v) is 7.55. The maximum Gasteiger partial charge on any atom is 0.309 e. The molecule has 1 aliphatic heterocycles. The van der Waals surface area contributed by atoms with Crippen molar-refractivity contribution in [3.63, 3.8) is 0 Å². The number of fused-ring (bicyclic) bond motifs is 1. The van der Waals surface area contributed by atoms with E-state index in [0.29, 0.717) is 4.96 Å². The van der Waals surface area contributed by atoms with Gasteiger partial charge >= 0.3 is 5.97 Å². The highest BCUT2D eigenvalue weighted by molar-refractivity contribution is 7.17. The number of aromatic hydroxyl groups is 1. The van der Waals surface area contributed by atoms with E-state index >= 15 is 0 Å². The number of carbonyl (C=O) groups excluding carboxylic acids is 1. The van der Waals surface area contributed by atoms with Crippen molar-refractivity contribution < 1.29 is 19.5 Å². The van der Waals surface area contributed by atoms with Gasteiger partial charge in [0.05, 0.1) is 26.1 Å². The summed E-state index contributed by atoms with van der Waals surface area (Å²) in [6.45, 7) is 1.68. The van der Waals surface area contributed by atoms with E-state index in [1.165, 1.54) is 34.2 Å². The highest BCUT2D eigenvalue weighted by Crippen LogP contribution is 2.34. The Kier molecular flexibility index (Phi) is 4.60. The molecule has 26 heavy (non-hydrogen) atoms. The van der Waals surface area contributed by atoms with Crippen molar-refractivity contribution in [2.45, 2.75) is 18.9 Å². The number of quaternary nitrogens is 1. The van der Waals surface area contributed by atoms with Crippen LogP contribution in [0.5, 0.6) is 5.88 Å². The Morgan fingerprint density at radius 3 is 2.73 bits per heavy atom. The number of nitrogens with one attached hydrogen (secondary N) is 1. The largest absolute Gasteiger partial charge is 0.492 e. The van der Waals surface area contributed by atoms with Gasteiger partial charge in [0.15, 0.2) is 6.04 Å². The predicted octanol–water partition coefficient (Wildman–Crippen LogP) is 1.05. The van der Waals surface area contributed by atoms with Gasteiger partial charge in [0, 0.05) is 18.4 Å². The molecule has 0 radical (unpaired) electrons. The summed E-state index contributed by atoms with van der Waals surface area (Å²) in [7, 11) is 1.45. The highest BCUT2D eigenvalue weighted by atomic mass is 32.1. The van der Waals surface area contributed by atoms with Gasteiger partial charge in [-0.3, -0.25) is 4.79 Å². The minimum atomic E-state index is -0.123. The van der Waals surface area contributed by atoms with Gasteiger partial charge in [0.25, 0.3) is 0 Å². The van der Waals surface area contributed by atoms with Crippen LogP contribution in [-0.2, 0) is 9.53 Å². The number of thiazole rings is 1. The summed E-state index contributed by atoms with van der Waals surface area (Å²) in [4.78, 5) is 18.9. The fourth-order valence-electron chi connectivity index (χ4n) is 3.78. The molecule has 3 heterocycles. The van der Waals surface area contributed by atoms with E-state index in [2.05, 4.69) is 22.2 Å². The average Bonchev–Trinajstić information content (AvgIpc) is 3.26. The molecule has 2 aromatic heterocycles. The molecule has 0 spiro atoms. The lowest BCUT2D eigenvalue weighted by Gasteiger charge is -2.33. The van der Waals surface area contributed by atoms with E-state index < -0.39 is 0 Å². The molecule has 4 rings (SSSR count). The van der Waals surface area contributed by atoms with Crippen LogP contribution >= 0.6 is 11.3 Å². The van der Waals surface area contributed by atoms with E-state index in [9.17, 15) is 9.90 Å². The maximum absolute atomic E-state index is 11.8. The molecule has 0 unspecified atom stereocenters. The van der Waals surface area contributed by atoms with Gasteiger partial charge in [-0.25, -0.2) is 4.98 Å². The summed E-state index contributed by atoms with van der Waals surface area (Å²) in [5, 5.41) is 14.8. The number of hydrogen-bond acceptors (Lipinski definition) is 6. The summed E-state index contributed by atoms with van der Waals surface area (Å²) >= 11 is 1.47. The van der Waals surface area contributed by atoms with Gasteiger partial charge in [-0.1, -0.05) is 41.7 Å². The van der Waals surface area contributed by atoms with Gasteiger partial charge in [0.2, 0.25) is 10.8 Å². The van der Waals surface area contributed by atoms with Gasteiger partial charge in [-0.15, -0.1) is 0 Å². The molecule has 7 nitrogen and oxygen atoms in total. The first-order chi connectivity index (χ1) is 12.7. The smallest absolute Gasteiger partial charge is 0.309 e. The molecule has 1 fully saturated rings. The van der Waals surface area contributed by atoms with Crippen LogP contribution in [0.3, 0.4) is 0 Å². The van der Waals surface area contributed by atoms with E-state index in [1.54, 1.807) is 0 Å². The van der Waals surface area contributed by atoms with Crippen LogP contribution in [0, 0.1) is 5.92 Å². The van der Waals surface area contributed by atoms with Crippen molar-refractivity contribution in [2.75, 3.05) is 20.2 Å². The van der Waals surface area contributed by atoms with E-state index in [1.807, 2.05) is 18.2 Å². The molecule has 1 saturated heterocycles. The first-order valence-corrected chi connectivity index (χ1v) is 9.49. The Hall–Kier alpha value is -2.45. The molecule has 1 atom stereocenters. The number of rotatable bonds is 4. The predicted molar refractivity (Wildman–Crippen MR) is 96.3 cm³/mol. The Balaban J connectivity index is 1.68. The number of hydrogen-bond donors (Lipinski definition) is 2. The summed E-state index contributed by atoms with van der Waals surface area (Å²) in [6.07, 6.45) is 3.02. The summed E-state index contributed by atoms with van der Waals surface area (Å²) in [5.41, 5.74) is 1.14. The Morgan fingerprint density at radius 1 is 1.35 bits per heavy atom. The SMILES string of the molecule is COC(=O)C1CC[NH+]([C@H](c2ccccc2)c2sc3ncnn3c2O)CC1. The molecule has 3 aromatic rings. The Labute approximate surface area is 154 Å². The van der Waals surface area contributed by atoms with Crippen LogP contribution < -0.4 is 4.90 Å². The number of piperidine rings is 1. The quantitative estimate of drug-likeness (QED) is 0.669. The van der Waals surface area contributed by atoms with Gasteiger partial charge in [0.1, 0.15) is 11.2 Å².